The Kier molecular flexibility index (Phi) is 2.51. The molecule has 1 saturated heterocycles. The Morgan fingerprint density at radius 1 is 1.69 bits per heavy atom. The zero-order valence-corrected chi connectivity index (χ0v) is 8.96. The Morgan fingerprint density at radius 3 is 2.94 bits per heavy atom. The van der Waals surface area contributed by atoms with Crippen molar-refractivity contribution >= 4 is 11.4 Å². The molecule has 6 nitrogen and oxygen atoms in total. The SMILES string of the molecule is CCC1(O)CN(c2ccncc2[N+](=O)[O-])C1. The molecule has 1 aliphatic heterocycles. The molecule has 6 heteroatoms. The first-order chi connectivity index (χ1) is 7.56. The van der Waals surface area contributed by atoms with Crippen molar-refractivity contribution in [1.82, 2.24) is 4.98 Å². The predicted molar refractivity (Wildman–Crippen MR) is 58.3 cm³/mol. The first-order valence-electron chi connectivity index (χ1n) is 5.11. The van der Waals surface area contributed by atoms with Crippen molar-refractivity contribution in [2.45, 2.75) is 18.9 Å². The van der Waals surface area contributed by atoms with E-state index in [1.165, 1.54) is 12.4 Å². The van der Waals surface area contributed by atoms with Crippen LogP contribution < -0.4 is 4.90 Å². The van der Waals surface area contributed by atoms with Crippen LogP contribution in [0.3, 0.4) is 0 Å². The Hall–Kier alpha value is -1.69. The lowest BCUT2D eigenvalue weighted by molar-refractivity contribution is -0.384. The number of aromatic nitrogens is 1. The van der Waals surface area contributed by atoms with E-state index in [1.54, 1.807) is 11.0 Å². The number of rotatable bonds is 3. The van der Waals surface area contributed by atoms with Crippen LogP contribution in [0.5, 0.6) is 0 Å². The topological polar surface area (TPSA) is 79.5 Å². The van der Waals surface area contributed by atoms with Crippen LogP contribution in [-0.4, -0.2) is 33.7 Å². The van der Waals surface area contributed by atoms with Gasteiger partial charge in [-0.05, 0) is 12.5 Å². The summed E-state index contributed by atoms with van der Waals surface area (Å²) in [4.78, 5) is 15.8. The molecule has 0 atom stereocenters. The van der Waals surface area contributed by atoms with Crippen molar-refractivity contribution in [3.05, 3.63) is 28.6 Å². The molecule has 0 amide bonds. The summed E-state index contributed by atoms with van der Waals surface area (Å²) in [6, 6.07) is 1.60. The molecule has 0 spiro atoms. The second-order valence-electron chi connectivity index (χ2n) is 4.06. The van der Waals surface area contributed by atoms with Gasteiger partial charge in [-0.2, -0.15) is 0 Å². The van der Waals surface area contributed by atoms with Gasteiger partial charge in [0, 0.05) is 19.3 Å². The van der Waals surface area contributed by atoms with Crippen molar-refractivity contribution in [3.8, 4) is 0 Å². The van der Waals surface area contributed by atoms with Gasteiger partial charge in [-0.1, -0.05) is 6.92 Å². The average molecular weight is 223 g/mol. The Labute approximate surface area is 92.7 Å². The van der Waals surface area contributed by atoms with E-state index in [4.69, 9.17) is 0 Å². The van der Waals surface area contributed by atoms with Crippen LogP contribution in [0, 0.1) is 10.1 Å². The van der Waals surface area contributed by atoms with E-state index >= 15 is 0 Å². The summed E-state index contributed by atoms with van der Waals surface area (Å²) in [6.45, 7) is 2.78. The highest BCUT2D eigenvalue weighted by Crippen LogP contribution is 2.34. The number of β-amino-alcohol motifs (C(OH)–C–C–N with tert-alkyl or cyclic N) is 1. The minimum atomic E-state index is -0.697. The molecule has 0 bridgehead atoms. The lowest BCUT2D eigenvalue weighted by Crippen LogP contribution is -2.61. The molecule has 1 fully saturated rings. The molecule has 1 aromatic rings. The van der Waals surface area contributed by atoms with Crippen LogP contribution in [0.15, 0.2) is 18.5 Å². The van der Waals surface area contributed by atoms with Crippen LogP contribution in [-0.2, 0) is 0 Å². The lowest BCUT2D eigenvalue weighted by atomic mass is 9.91. The van der Waals surface area contributed by atoms with E-state index < -0.39 is 10.5 Å². The number of hydrogen-bond donors (Lipinski definition) is 1. The van der Waals surface area contributed by atoms with Gasteiger partial charge in [0.1, 0.15) is 11.9 Å². The molecule has 0 radical (unpaired) electrons. The highest BCUT2D eigenvalue weighted by Gasteiger charge is 2.41. The first kappa shape index (κ1) is 10.8. The zero-order valence-electron chi connectivity index (χ0n) is 8.96. The number of anilines is 1. The number of nitro groups is 1. The van der Waals surface area contributed by atoms with Gasteiger partial charge in [0.15, 0.2) is 0 Å². The second kappa shape index (κ2) is 3.71. The van der Waals surface area contributed by atoms with Crippen molar-refractivity contribution in [2.24, 2.45) is 0 Å². The molecule has 1 aromatic heterocycles. The van der Waals surface area contributed by atoms with Gasteiger partial charge in [0.2, 0.25) is 0 Å². The van der Waals surface area contributed by atoms with Gasteiger partial charge >= 0.3 is 5.69 Å². The molecule has 0 saturated carbocycles. The maximum absolute atomic E-state index is 10.8. The molecule has 16 heavy (non-hydrogen) atoms. The van der Waals surface area contributed by atoms with Gasteiger partial charge in [0.05, 0.1) is 10.5 Å². The van der Waals surface area contributed by atoms with E-state index in [0.29, 0.717) is 25.2 Å². The highest BCUT2D eigenvalue weighted by atomic mass is 16.6. The number of hydrogen-bond acceptors (Lipinski definition) is 5. The van der Waals surface area contributed by atoms with E-state index in [2.05, 4.69) is 4.98 Å². The second-order valence-corrected chi connectivity index (χ2v) is 4.06. The third kappa shape index (κ3) is 1.71. The van der Waals surface area contributed by atoms with Crippen LogP contribution in [0.4, 0.5) is 11.4 Å². The van der Waals surface area contributed by atoms with Crippen molar-refractivity contribution in [1.29, 1.82) is 0 Å². The normalized spacial score (nSPS) is 18.0. The monoisotopic (exact) mass is 223 g/mol. The first-order valence-corrected chi connectivity index (χ1v) is 5.11. The summed E-state index contributed by atoms with van der Waals surface area (Å²) in [7, 11) is 0. The molecule has 2 rings (SSSR count). The molecule has 1 N–H and O–H groups in total. The predicted octanol–water partition coefficient (Wildman–Crippen LogP) is 0.951. The van der Waals surface area contributed by atoms with Gasteiger partial charge in [-0.3, -0.25) is 15.1 Å². The number of aliphatic hydroxyl groups is 1. The van der Waals surface area contributed by atoms with Crippen molar-refractivity contribution in [3.63, 3.8) is 0 Å². The van der Waals surface area contributed by atoms with Gasteiger partial charge in [0.25, 0.3) is 0 Å². The van der Waals surface area contributed by atoms with Crippen LogP contribution in [0.25, 0.3) is 0 Å². The molecular weight excluding hydrogens is 210 g/mol. The van der Waals surface area contributed by atoms with Crippen molar-refractivity contribution in [2.75, 3.05) is 18.0 Å². The summed E-state index contributed by atoms with van der Waals surface area (Å²) in [6.07, 6.45) is 3.41. The van der Waals surface area contributed by atoms with E-state index in [-0.39, 0.29) is 5.69 Å². The van der Waals surface area contributed by atoms with Gasteiger partial charge < -0.3 is 10.0 Å². The maximum atomic E-state index is 10.8. The minimum absolute atomic E-state index is 0.0133. The van der Waals surface area contributed by atoms with E-state index in [0.717, 1.165) is 0 Å². The van der Waals surface area contributed by atoms with Gasteiger partial charge in [-0.25, -0.2) is 0 Å². The quantitative estimate of drug-likeness (QED) is 0.609. The molecular formula is C10H13N3O3. The molecule has 1 aliphatic rings. The standard InChI is InChI=1S/C10H13N3O3/c1-2-10(14)6-12(7-10)8-3-4-11-5-9(8)13(15)16/h3-5,14H,2,6-7H2,1H3. The summed E-state index contributed by atoms with van der Waals surface area (Å²) in [5.41, 5.74) is -0.185. The van der Waals surface area contributed by atoms with Gasteiger partial charge in [-0.15, -0.1) is 0 Å². The summed E-state index contributed by atoms with van der Waals surface area (Å²) in [5.74, 6) is 0. The molecule has 86 valence electrons. The summed E-state index contributed by atoms with van der Waals surface area (Å²) >= 11 is 0. The smallest absolute Gasteiger partial charge is 0.310 e. The lowest BCUT2D eigenvalue weighted by Gasteiger charge is -2.47. The fourth-order valence-corrected chi connectivity index (χ4v) is 1.85. The Bertz CT molecular complexity index is 416. The molecule has 0 aliphatic carbocycles. The fourth-order valence-electron chi connectivity index (χ4n) is 1.85. The van der Waals surface area contributed by atoms with Crippen LogP contribution in [0.2, 0.25) is 0 Å². The van der Waals surface area contributed by atoms with Crippen LogP contribution >= 0.6 is 0 Å². The maximum Gasteiger partial charge on any atom is 0.310 e. The van der Waals surface area contributed by atoms with Crippen molar-refractivity contribution < 1.29 is 10.0 Å². The van der Waals surface area contributed by atoms with E-state index in [1.807, 2.05) is 6.92 Å². The highest BCUT2D eigenvalue weighted by molar-refractivity contribution is 5.63. The molecule has 0 aromatic carbocycles. The fraction of sp³-hybridized carbons (Fsp3) is 0.500. The van der Waals surface area contributed by atoms with E-state index in [9.17, 15) is 15.2 Å². The van der Waals surface area contributed by atoms with Crippen LogP contribution in [0.1, 0.15) is 13.3 Å². The zero-order chi connectivity index (χ0) is 11.8. The Morgan fingerprint density at radius 2 is 2.38 bits per heavy atom. The number of nitrogens with zero attached hydrogens (tertiary/aromatic N) is 3. The largest absolute Gasteiger partial charge is 0.386 e. The average Bonchev–Trinajstić information content (AvgIpc) is 2.24. The molecule has 2 heterocycles. The summed E-state index contributed by atoms with van der Waals surface area (Å²) in [5, 5.41) is 20.6. The minimum Gasteiger partial charge on any atom is -0.386 e. The third-order valence-electron chi connectivity index (χ3n) is 2.94. The summed E-state index contributed by atoms with van der Waals surface area (Å²) < 4.78 is 0. The molecule has 0 unspecified atom stereocenters. The number of pyridine rings is 1. The third-order valence-corrected chi connectivity index (χ3v) is 2.94. The Balaban J connectivity index is 2.21.